The van der Waals surface area contributed by atoms with Crippen LogP contribution in [0, 0.1) is 0 Å². The molecular weight excluding hydrogens is 212 g/mol. The molecule has 0 saturated carbocycles. The Balaban J connectivity index is 2.09. The summed E-state index contributed by atoms with van der Waals surface area (Å²) in [6, 6.07) is -1.08. The van der Waals surface area contributed by atoms with Crippen LogP contribution in [0.5, 0.6) is 0 Å². The van der Waals surface area contributed by atoms with E-state index in [2.05, 4.69) is 6.58 Å². The fourth-order valence-corrected chi connectivity index (χ4v) is 2.19. The maximum Gasteiger partial charge on any atom is 0.345 e. The van der Waals surface area contributed by atoms with Gasteiger partial charge in [0.05, 0.1) is 12.6 Å². The van der Waals surface area contributed by atoms with Crippen LogP contribution in [-0.4, -0.2) is 52.3 Å². The molecule has 1 N–H and O–H groups in total. The van der Waals surface area contributed by atoms with Gasteiger partial charge in [-0.2, -0.15) is 5.06 Å². The van der Waals surface area contributed by atoms with Crippen LogP contribution in [-0.2, 0) is 9.63 Å². The van der Waals surface area contributed by atoms with Crippen LogP contribution in [0.15, 0.2) is 12.7 Å². The van der Waals surface area contributed by atoms with E-state index >= 15 is 0 Å². The molecule has 88 valence electrons. The van der Waals surface area contributed by atoms with Gasteiger partial charge in [0.25, 0.3) is 0 Å². The number of hydrogen-bond donors (Lipinski definition) is 1. The summed E-state index contributed by atoms with van der Waals surface area (Å²) < 4.78 is 0. The molecule has 2 rings (SSSR count). The minimum atomic E-state index is -0.947. The van der Waals surface area contributed by atoms with E-state index < -0.39 is 12.0 Å². The van der Waals surface area contributed by atoms with Gasteiger partial charge in [-0.3, -0.25) is 4.84 Å². The van der Waals surface area contributed by atoms with Gasteiger partial charge in [-0.1, -0.05) is 6.08 Å². The van der Waals surface area contributed by atoms with E-state index in [0.717, 1.165) is 0 Å². The average molecular weight is 226 g/mol. The average Bonchev–Trinajstić information content (AvgIpc) is 2.50. The lowest BCUT2D eigenvalue weighted by Crippen LogP contribution is -2.44. The highest BCUT2D eigenvalue weighted by atomic mass is 16.7. The lowest BCUT2D eigenvalue weighted by Gasteiger charge is -2.26. The van der Waals surface area contributed by atoms with Crippen molar-refractivity contribution in [2.24, 2.45) is 0 Å². The Morgan fingerprint density at radius 1 is 1.62 bits per heavy atom. The second kappa shape index (κ2) is 4.13. The Bertz CT molecular complexity index is 331. The number of piperidine rings is 1. The Hall–Kier alpha value is -1.56. The standard InChI is InChI=1S/C10H14N2O4/c1-2-5-16-12-7-3-4-8(9(13)14)11(6-7)10(12)15/h2,7-8H,1,3-6H2,(H,13,14)/t7?,8-/m0/s1. The van der Waals surface area contributed by atoms with E-state index in [-0.39, 0.29) is 18.7 Å². The largest absolute Gasteiger partial charge is 0.480 e. The molecular formula is C10H14N2O4. The number of aliphatic carboxylic acids is 1. The van der Waals surface area contributed by atoms with Crippen LogP contribution in [0.25, 0.3) is 0 Å². The third kappa shape index (κ3) is 1.65. The van der Waals surface area contributed by atoms with Crippen molar-refractivity contribution >= 4 is 12.0 Å². The quantitative estimate of drug-likeness (QED) is 0.707. The van der Waals surface area contributed by atoms with Crippen LogP contribution < -0.4 is 0 Å². The number of carbonyl (C=O) groups is 2. The summed E-state index contributed by atoms with van der Waals surface area (Å²) in [4.78, 5) is 29.4. The highest BCUT2D eigenvalue weighted by molar-refractivity contribution is 5.84. The molecule has 2 amide bonds. The molecule has 0 radical (unpaired) electrons. The summed E-state index contributed by atoms with van der Waals surface area (Å²) in [5, 5.41) is 10.3. The van der Waals surface area contributed by atoms with Gasteiger partial charge in [0, 0.05) is 6.54 Å². The maximum absolute atomic E-state index is 11.8. The number of hydroxylamine groups is 2. The smallest absolute Gasteiger partial charge is 0.345 e. The molecule has 6 nitrogen and oxygen atoms in total. The molecule has 2 bridgehead atoms. The predicted octanol–water partition coefficient (Wildman–Crippen LogP) is 0.457. The molecule has 16 heavy (non-hydrogen) atoms. The molecule has 2 aliphatic heterocycles. The van der Waals surface area contributed by atoms with Crippen molar-refractivity contribution in [3.8, 4) is 0 Å². The Morgan fingerprint density at radius 2 is 2.38 bits per heavy atom. The molecule has 2 saturated heterocycles. The van der Waals surface area contributed by atoms with E-state index in [4.69, 9.17) is 9.94 Å². The number of fused-ring (bicyclic) bond motifs is 2. The zero-order valence-corrected chi connectivity index (χ0v) is 8.83. The van der Waals surface area contributed by atoms with Crippen molar-refractivity contribution < 1.29 is 19.5 Å². The minimum absolute atomic E-state index is 0.0250. The second-order valence-corrected chi connectivity index (χ2v) is 3.93. The van der Waals surface area contributed by atoms with Gasteiger partial charge in [-0.25, -0.2) is 9.59 Å². The fraction of sp³-hybridized carbons (Fsp3) is 0.600. The number of amides is 2. The third-order valence-electron chi connectivity index (χ3n) is 2.94. The van der Waals surface area contributed by atoms with Gasteiger partial charge >= 0.3 is 12.0 Å². The Morgan fingerprint density at radius 3 is 3.00 bits per heavy atom. The zero-order chi connectivity index (χ0) is 11.7. The molecule has 2 atom stereocenters. The first-order valence-corrected chi connectivity index (χ1v) is 5.21. The van der Waals surface area contributed by atoms with Crippen molar-refractivity contribution in [2.45, 2.75) is 24.9 Å². The van der Waals surface area contributed by atoms with Gasteiger partial charge in [0.1, 0.15) is 6.04 Å². The molecule has 2 heterocycles. The van der Waals surface area contributed by atoms with Gasteiger partial charge in [-0.05, 0) is 12.8 Å². The first kappa shape index (κ1) is 10.9. The molecule has 0 aromatic rings. The normalized spacial score (nSPS) is 28.4. The number of rotatable bonds is 4. The predicted molar refractivity (Wildman–Crippen MR) is 54.5 cm³/mol. The number of hydrogen-bond acceptors (Lipinski definition) is 3. The lowest BCUT2D eigenvalue weighted by atomic mass is 10.0. The topological polar surface area (TPSA) is 70.1 Å². The highest BCUT2D eigenvalue weighted by Gasteiger charge is 2.47. The number of carboxylic acids is 1. The first-order chi connectivity index (χ1) is 7.65. The highest BCUT2D eigenvalue weighted by Crippen LogP contribution is 2.29. The fourth-order valence-electron chi connectivity index (χ4n) is 2.19. The summed E-state index contributed by atoms with van der Waals surface area (Å²) in [6.07, 6.45) is 2.70. The number of nitrogens with zero attached hydrogens (tertiary/aromatic N) is 2. The van der Waals surface area contributed by atoms with E-state index in [0.29, 0.717) is 19.4 Å². The first-order valence-electron chi connectivity index (χ1n) is 5.21. The van der Waals surface area contributed by atoms with Crippen molar-refractivity contribution in [1.29, 1.82) is 0 Å². The summed E-state index contributed by atoms with van der Waals surface area (Å²) in [5.41, 5.74) is 0. The number of carbonyl (C=O) groups excluding carboxylic acids is 1. The molecule has 2 aliphatic rings. The van der Waals surface area contributed by atoms with Crippen LogP contribution in [0.4, 0.5) is 4.79 Å². The summed E-state index contributed by atoms with van der Waals surface area (Å²) in [5.74, 6) is -0.947. The minimum Gasteiger partial charge on any atom is -0.480 e. The van der Waals surface area contributed by atoms with E-state index in [1.165, 1.54) is 9.96 Å². The van der Waals surface area contributed by atoms with Crippen molar-refractivity contribution in [2.75, 3.05) is 13.2 Å². The van der Waals surface area contributed by atoms with Crippen molar-refractivity contribution in [3.05, 3.63) is 12.7 Å². The summed E-state index contributed by atoms with van der Waals surface area (Å²) in [6.45, 7) is 4.20. The van der Waals surface area contributed by atoms with Crippen LogP contribution in [0.1, 0.15) is 12.8 Å². The molecule has 0 aromatic heterocycles. The molecule has 2 fully saturated rings. The molecule has 0 aliphatic carbocycles. The Labute approximate surface area is 93.0 Å². The van der Waals surface area contributed by atoms with E-state index in [1.807, 2.05) is 0 Å². The second-order valence-electron chi connectivity index (χ2n) is 3.93. The Kier molecular flexibility index (Phi) is 2.82. The van der Waals surface area contributed by atoms with Crippen LogP contribution in [0.3, 0.4) is 0 Å². The third-order valence-corrected chi connectivity index (χ3v) is 2.94. The molecule has 6 heteroatoms. The van der Waals surface area contributed by atoms with E-state index in [1.54, 1.807) is 6.08 Å². The summed E-state index contributed by atoms with van der Waals surface area (Å²) >= 11 is 0. The van der Waals surface area contributed by atoms with Gasteiger partial charge in [-0.15, -0.1) is 6.58 Å². The molecule has 0 spiro atoms. The van der Waals surface area contributed by atoms with Gasteiger partial charge < -0.3 is 10.0 Å². The van der Waals surface area contributed by atoms with Gasteiger partial charge in [0.15, 0.2) is 0 Å². The summed E-state index contributed by atoms with van der Waals surface area (Å²) in [7, 11) is 0. The number of carboxylic acid groups (broad SMARTS) is 1. The van der Waals surface area contributed by atoms with E-state index in [9.17, 15) is 9.59 Å². The molecule has 1 unspecified atom stereocenters. The maximum atomic E-state index is 11.8. The molecule has 0 aromatic carbocycles. The van der Waals surface area contributed by atoms with Gasteiger partial charge in [0.2, 0.25) is 0 Å². The van der Waals surface area contributed by atoms with Crippen LogP contribution in [0.2, 0.25) is 0 Å². The SMILES string of the molecule is C=CCON1C(=O)N2CC1CC[C@H]2C(=O)O. The number of urea groups is 1. The lowest BCUT2D eigenvalue weighted by molar-refractivity contribution is -0.142. The van der Waals surface area contributed by atoms with Crippen molar-refractivity contribution in [1.82, 2.24) is 9.96 Å². The monoisotopic (exact) mass is 226 g/mol. The zero-order valence-electron chi connectivity index (χ0n) is 8.83. The van der Waals surface area contributed by atoms with Crippen LogP contribution >= 0.6 is 0 Å². The van der Waals surface area contributed by atoms with Crippen molar-refractivity contribution in [3.63, 3.8) is 0 Å².